The average molecular weight is 288 g/mol. The van der Waals surface area contributed by atoms with Crippen LogP contribution in [0.25, 0.3) is 6.08 Å². The number of hydrogen-bond donors (Lipinski definition) is 2. The van der Waals surface area contributed by atoms with E-state index in [2.05, 4.69) is 0 Å². The van der Waals surface area contributed by atoms with Crippen LogP contribution in [0.4, 0.5) is 0 Å². The Labute approximate surface area is 119 Å². The van der Waals surface area contributed by atoms with Crippen LogP contribution in [0.15, 0.2) is 53.4 Å². The molecular formula is C15H12O4S. The molecule has 0 aliphatic rings. The first-order chi connectivity index (χ1) is 9.59. The van der Waals surface area contributed by atoms with Crippen molar-refractivity contribution < 1.29 is 19.8 Å². The molecule has 1 unspecified atom stereocenters. The summed E-state index contributed by atoms with van der Waals surface area (Å²) in [5.74, 6) is -3.59. The largest absolute Gasteiger partial charge is 0.481 e. The van der Waals surface area contributed by atoms with Crippen LogP contribution in [0.3, 0.4) is 0 Å². The number of aliphatic carboxylic acids is 2. The van der Waals surface area contributed by atoms with Gasteiger partial charge in [0.05, 0.1) is 5.57 Å². The summed E-state index contributed by atoms with van der Waals surface area (Å²) in [6.45, 7) is 0. The molecule has 0 amide bonds. The lowest BCUT2D eigenvalue weighted by molar-refractivity contribution is -0.141. The third kappa shape index (κ3) is 3.13. The van der Waals surface area contributed by atoms with Gasteiger partial charge in [-0.05, 0) is 23.1 Å². The molecule has 2 aromatic rings. The maximum atomic E-state index is 11.5. The molecule has 0 radical (unpaired) electrons. The Hall–Kier alpha value is -2.40. The van der Waals surface area contributed by atoms with Crippen molar-refractivity contribution in [3.05, 3.63) is 63.9 Å². The van der Waals surface area contributed by atoms with E-state index in [4.69, 9.17) is 0 Å². The van der Waals surface area contributed by atoms with Gasteiger partial charge in [-0.15, -0.1) is 11.3 Å². The Morgan fingerprint density at radius 2 is 1.75 bits per heavy atom. The van der Waals surface area contributed by atoms with Crippen molar-refractivity contribution in [3.8, 4) is 0 Å². The second kappa shape index (κ2) is 6.16. The minimum atomic E-state index is -1.23. The van der Waals surface area contributed by atoms with E-state index in [1.807, 2.05) is 5.38 Å². The van der Waals surface area contributed by atoms with Gasteiger partial charge in [0.15, 0.2) is 0 Å². The lowest BCUT2D eigenvalue weighted by Gasteiger charge is -2.13. The molecule has 1 atom stereocenters. The lowest BCUT2D eigenvalue weighted by Crippen LogP contribution is -2.19. The van der Waals surface area contributed by atoms with Gasteiger partial charge in [0.25, 0.3) is 0 Å². The van der Waals surface area contributed by atoms with E-state index < -0.39 is 17.9 Å². The van der Waals surface area contributed by atoms with E-state index in [1.165, 1.54) is 17.4 Å². The van der Waals surface area contributed by atoms with Crippen LogP contribution in [0, 0.1) is 0 Å². The molecule has 0 aliphatic carbocycles. The SMILES string of the molecule is O=C(O)/C(=C/c1cccs1)C(C(=O)O)c1ccccc1. The first kappa shape index (κ1) is 14.0. The van der Waals surface area contributed by atoms with Crippen LogP contribution in [-0.4, -0.2) is 22.2 Å². The Bertz CT molecular complexity index is 629. The molecule has 5 heteroatoms. The molecule has 20 heavy (non-hydrogen) atoms. The fraction of sp³-hybridized carbons (Fsp3) is 0.0667. The van der Waals surface area contributed by atoms with Gasteiger partial charge >= 0.3 is 11.9 Å². The fourth-order valence-corrected chi connectivity index (χ4v) is 2.56. The monoisotopic (exact) mass is 288 g/mol. The summed E-state index contributed by atoms with van der Waals surface area (Å²) in [7, 11) is 0. The maximum absolute atomic E-state index is 11.5. The average Bonchev–Trinajstić information content (AvgIpc) is 2.91. The quantitative estimate of drug-likeness (QED) is 0.829. The zero-order valence-corrected chi connectivity index (χ0v) is 11.2. The maximum Gasteiger partial charge on any atom is 0.332 e. The minimum absolute atomic E-state index is 0.147. The van der Waals surface area contributed by atoms with E-state index in [9.17, 15) is 19.8 Å². The second-order valence-corrected chi connectivity index (χ2v) is 5.08. The van der Waals surface area contributed by atoms with Crippen LogP contribution in [0.5, 0.6) is 0 Å². The van der Waals surface area contributed by atoms with E-state index >= 15 is 0 Å². The summed E-state index contributed by atoms with van der Waals surface area (Å²) in [6.07, 6.45) is 1.42. The Morgan fingerprint density at radius 1 is 1.05 bits per heavy atom. The number of thiophene rings is 1. The zero-order valence-electron chi connectivity index (χ0n) is 10.4. The molecule has 1 aromatic heterocycles. The molecule has 0 fully saturated rings. The molecule has 102 valence electrons. The van der Waals surface area contributed by atoms with Crippen molar-refractivity contribution in [3.63, 3.8) is 0 Å². The van der Waals surface area contributed by atoms with Gasteiger partial charge in [-0.3, -0.25) is 4.79 Å². The number of carboxylic acids is 2. The van der Waals surface area contributed by atoms with Crippen molar-refractivity contribution >= 4 is 29.4 Å². The summed E-state index contributed by atoms with van der Waals surface area (Å²) in [5, 5.41) is 20.5. The molecule has 0 spiro atoms. The lowest BCUT2D eigenvalue weighted by atomic mass is 9.90. The van der Waals surface area contributed by atoms with Gasteiger partial charge < -0.3 is 10.2 Å². The van der Waals surface area contributed by atoms with Crippen molar-refractivity contribution in [2.24, 2.45) is 0 Å². The summed E-state index contributed by atoms with van der Waals surface area (Å²) in [6, 6.07) is 11.9. The van der Waals surface area contributed by atoms with Crippen LogP contribution >= 0.6 is 11.3 Å². The number of hydrogen-bond acceptors (Lipinski definition) is 3. The highest BCUT2D eigenvalue weighted by Gasteiger charge is 2.29. The smallest absolute Gasteiger partial charge is 0.332 e. The molecular weight excluding hydrogens is 276 g/mol. The highest BCUT2D eigenvalue weighted by atomic mass is 32.1. The van der Waals surface area contributed by atoms with E-state index in [0.29, 0.717) is 10.4 Å². The molecule has 2 N–H and O–H groups in total. The third-order valence-corrected chi connectivity index (χ3v) is 3.60. The molecule has 0 bridgehead atoms. The van der Waals surface area contributed by atoms with Crippen LogP contribution in [0.2, 0.25) is 0 Å². The van der Waals surface area contributed by atoms with Gasteiger partial charge in [-0.25, -0.2) is 4.79 Å². The van der Waals surface area contributed by atoms with Crippen molar-refractivity contribution in [2.45, 2.75) is 5.92 Å². The van der Waals surface area contributed by atoms with Gasteiger partial charge in [0, 0.05) is 4.88 Å². The normalized spacial score (nSPS) is 12.9. The molecule has 0 saturated heterocycles. The number of rotatable bonds is 5. The first-order valence-corrected chi connectivity index (χ1v) is 6.73. The van der Waals surface area contributed by atoms with Crippen LogP contribution in [0.1, 0.15) is 16.4 Å². The minimum Gasteiger partial charge on any atom is -0.481 e. The molecule has 2 rings (SSSR count). The fourth-order valence-electron chi connectivity index (χ4n) is 1.90. The van der Waals surface area contributed by atoms with Crippen molar-refractivity contribution in [1.82, 2.24) is 0 Å². The van der Waals surface area contributed by atoms with Crippen LogP contribution in [-0.2, 0) is 9.59 Å². The Balaban J connectivity index is 2.50. The van der Waals surface area contributed by atoms with Gasteiger partial charge in [0.2, 0.25) is 0 Å². The summed E-state index contributed by atoms with van der Waals surface area (Å²) >= 11 is 1.36. The number of carbonyl (C=O) groups is 2. The van der Waals surface area contributed by atoms with Gasteiger partial charge in [-0.2, -0.15) is 0 Å². The number of benzene rings is 1. The highest BCUT2D eigenvalue weighted by molar-refractivity contribution is 7.10. The number of carboxylic acid groups (broad SMARTS) is 2. The van der Waals surface area contributed by atoms with Crippen LogP contribution < -0.4 is 0 Å². The van der Waals surface area contributed by atoms with Gasteiger partial charge in [-0.1, -0.05) is 36.4 Å². The van der Waals surface area contributed by atoms with Crippen molar-refractivity contribution in [2.75, 3.05) is 0 Å². The standard InChI is InChI=1S/C15H12O4S/c16-14(17)12(9-11-7-4-8-20-11)13(15(18)19)10-5-2-1-3-6-10/h1-9,13H,(H,16,17)(H,18,19)/b12-9+. The predicted octanol–water partition coefficient (Wildman–Crippen LogP) is 3.08. The predicted molar refractivity (Wildman–Crippen MR) is 76.8 cm³/mol. The second-order valence-electron chi connectivity index (χ2n) is 4.10. The molecule has 4 nitrogen and oxygen atoms in total. The molecule has 0 saturated carbocycles. The summed E-state index contributed by atoms with van der Waals surface area (Å²) < 4.78 is 0. The zero-order chi connectivity index (χ0) is 14.5. The molecule has 0 aliphatic heterocycles. The van der Waals surface area contributed by atoms with Gasteiger partial charge in [0.1, 0.15) is 5.92 Å². The summed E-state index contributed by atoms with van der Waals surface area (Å²) in [5.41, 5.74) is 0.302. The Morgan fingerprint density at radius 3 is 2.25 bits per heavy atom. The topological polar surface area (TPSA) is 74.6 Å². The molecule has 1 aromatic carbocycles. The van der Waals surface area contributed by atoms with E-state index in [-0.39, 0.29) is 5.57 Å². The highest BCUT2D eigenvalue weighted by Crippen LogP contribution is 2.28. The van der Waals surface area contributed by atoms with E-state index in [1.54, 1.807) is 42.5 Å². The van der Waals surface area contributed by atoms with E-state index in [0.717, 1.165) is 0 Å². The Kier molecular flexibility index (Phi) is 4.32. The third-order valence-electron chi connectivity index (χ3n) is 2.78. The van der Waals surface area contributed by atoms with Crippen molar-refractivity contribution in [1.29, 1.82) is 0 Å². The summed E-state index contributed by atoms with van der Waals surface area (Å²) in [4.78, 5) is 23.6. The molecule has 1 heterocycles. The first-order valence-electron chi connectivity index (χ1n) is 5.85.